The van der Waals surface area contributed by atoms with Gasteiger partial charge in [0.05, 0.1) is 12.2 Å². The second-order valence-corrected chi connectivity index (χ2v) is 6.24. The summed E-state index contributed by atoms with van der Waals surface area (Å²) in [5, 5.41) is 3.39. The highest BCUT2D eigenvalue weighted by Gasteiger charge is 2.55. The average Bonchev–Trinajstić information content (AvgIpc) is 3.09. The first-order chi connectivity index (χ1) is 8.23. The lowest BCUT2D eigenvalue weighted by Crippen LogP contribution is -2.36. The van der Waals surface area contributed by atoms with Crippen molar-refractivity contribution in [1.29, 1.82) is 0 Å². The molecule has 1 saturated heterocycles. The van der Waals surface area contributed by atoms with Gasteiger partial charge in [-0.05, 0) is 37.5 Å². The standard InChI is InChI=1S/C14H24N2O/c1-2-11-3-5-12(6-4-11)9-16-10-15-14(7-8-14)13(16)17/h11-12,15H,2-10H2,1H3. The molecule has 3 heteroatoms. The molecule has 0 bridgehead atoms. The van der Waals surface area contributed by atoms with E-state index in [1.807, 2.05) is 0 Å². The summed E-state index contributed by atoms with van der Waals surface area (Å²) in [6.07, 6.45) is 8.87. The van der Waals surface area contributed by atoms with Crippen LogP contribution in [0, 0.1) is 11.8 Å². The van der Waals surface area contributed by atoms with Gasteiger partial charge in [-0.2, -0.15) is 0 Å². The Kier molecular flexibility index (Phi) is 2.89. The first-order valence-electron chi connectivity index (χ1n) is 7.28. The van der Waals surface area contributed by atoms with E-state index in [1.165, 1.54) is 32.1 Å². The molecule has 17 heavy (non-hydrogen) atoms. The number of nitrogens with zero attached hydrogens (tertiary/aromatic N) is 1. The molecule has 96 valence electrons. The summed E-state index contributed by atoms with van der Waals surface area (Å²) >= 11 is 0. The Labute approximate surface area is 104 Å². The number of rotatable bonds is 3. The number of amides is 1. The van der Waals surface area contributed by atoms with E-state index in [1.54, 1.807) is 0 Å². The Bertz CT molecular complexity index is 303. The van der Waals surface area contributed by atoms with Crippen molar-refractivity contribution in [3.8, 4) is 0 Å². The van der Waals surface area contributed by atoms with Crippen molar-refractivity contribution in [2.24, 2.45) is 11.8 Å². The summed E-state index contributed by atoms with van der Waals surface area (Å²) < 4.78 is 0. The molecule has 0 aromatic carbocycles. The number of carbonyl (C=O) groups is 1. The minimum absolute atomic E-state index is 0.0966. The lowest BCUT2D eigenvalue weighted by atomic mass is 9.80. The largest absolute Gasteiger partial charge is 0.328 e. The zero-order valence-corrected chi connectivity index (χ0v) is 10.9. The van der Waals surface area contributed by atoms with Crippen LogP contribution in [0.2, 0.25) is 0 Å². The lowest BCUT2D eigenvalue weighted by Gasteiger charge is -2.30. The van der Waals surface area contributed by atoms with Gasteiger partial charge in [-0.1, -0.05) is 26.2 Å². The topological polar surface area (TPSA) is 32.3 Å². The highest BCUT2D eigenvalue weighted by molar-refractivity contribution is 5.91. The van der Waals surface area contributed by atoms with Crippen molar-refractivity contribution < 1.29 is 4.79 Å². The fourth-order valence-corrected chi connectivity index (χ4v) is 3.49. The normalized spacial score (nSPS) is 35.6. The van der Waals surface area contributed by atoms with Crippen LogP contribution in [0.3, 0.4) is 0 Å². The maximum Gasteiger partial charge on any atom is 0.243 e. The third kappa shape index (κ3) is 2.10. The zero-order valence-electron chi connectivity index (χ0n) is 10.9. The average molecular weight is 236 g/mol. The molecule has 2 saturated carbocycles. The molecule has 0 atom stereocenters. The third-order valence-corrected chi connectivity index (χ3v) is 5.08. The lowest BCUT2D eigenvalue weighted by molar-refractivity contribution is -0.130. The molecule has 3 aliphatic rings. The van der Waals surface area contributed by atoms with E-state index in [0.717, 1.165) is 37.9 Å². The fraction of sp³-hybridized carbons (Fsp3) is 0.929. The van der Waals surface area contributed by atoms with Gasteiger partial charge in [0.15, 0.2) is 0 Å². The molecule has 1 amide bonds. The van der Waals surface area contributed by atoms with Crippen molar-refractivity contribution in [3.63, 3.8) is 0 Å². The smallest absolute Gasteiger partial charge is 0.243 e. The van der Waals surface area contributed by atoms with Crippen LogP contribution in [0.25, 0.3) is 0 Å². The van der Waals surface area contributed by atoms with Crippen LogP contribution in [-0.4, -0.2) is 29.6 Å². The van der Waals surface area contributed by atoms with Crippen LogP contribution in [0.1, 0.15) is 51.9 Å². The van der Waals surface area contributed by atoms with Gasteiger partial charge in [-0.15, -0.1) is 0 Å². The number of carbonyl (C=O) groups excluding carboxylic acids is 1. The first-order valence-corrected chi connectivity index (χ1v) is 7.28. The SMILES string of the molecule is CCC1CCC(CN2CNC3(CC3)C2=O)CC1. The van der Waals surface area contributed by atoms with Gasteiger partial charge in [0.1, 0.15) is 0 Å². The van der Waals surface area contributed by atoms with Crippen LogP contribution in [0.15, 0.2) is 0 Å². The maximum atomic E-state index is 12.1. The predicted molar refractivity (Wildman–Crippen MR) is 67.4 cm³/mol. The second-order valence-electron chi connectivity index (χ2n) is 6.24. The molecule has 0 unspecified atom stereocenters. The van der Waals surface area contributed by atoms with Gasteiger partial charge in [0.25, 0.3) is 0 Å². The molecule has 1 heterocycles. The minimum atomic E-state index is -0.0966. The summed E-state index contributed by atoms with van der Waals surface area (Å²) in [7, 11) is 0. The van der Waals surface area contributed by atoms with Gasteiger partial charge < -0.3 is 4.90 Å². The molecule has 1 aliphatic heterocycles. The molecule has 2 aliphatic carbocycles. The Balaban J connectivity index is 1.50. The first kappa shape index (κ1) is 11.5. The molecule has 0 aromatic heterocycles. The van der Waals surface area contributed by atoms with Crippen molar-refractivity contribution in [1.82, 2.24) is 10.2 Å². The summed E-state index contributed by atoms with van der Waals surface area (Å²) in [5.41, 5.74) is -0.0966. The zero-order chi connectivity index (χ0) is 11.9. The molecule has 1 spiro atoms. The van der Waals surface area contributed by atoms with Crippen LogP contribution in [0.5, 0.6) is 0 Å². The van der Waals surface area contributed by atoms with Crippen LogP contribution >= 0.6 is 0 Å². The van der Waals surface area contributed by atoms with E-state index in [4.69, 9.17) is 0 Å². The predicted octanol–water partition coefficient (Wildman–Crippen LogP) is 2.12. The number of hydrogen-bond donors (Lipinski definition) is 1. The molecule has 3 fully saturated rings. The summed E-state index contributed by atoms with van der Waals surface area (Å²) in [6, 6.07) is 0. The van der Waals surface area contributed by atoms with Crippen LogP contribution in [-0.2, 0) is 4.79 Å². The third-order valence-electron chi connectivity index (χ3n) is 5.08. The fourth-order valence-electron chi connectivity index (χ4n) is 3.49. The van der Waals surface area contributed by atoms with Gasteiger partial charge >= 0.3 is 0 Å². The molecule has 0 aromatic rings. The van der Waals surface area contributed by atoms with Gasteiger partial charge in [-0.25, -0.2) is 0 Å². The van der Waals surface area contributed by atoms with E-state index < -0.39 is 0 Å². The van der Waals surface area contributed by atoms with Gasteiger partial charge in [-0.3, -0.25) is 10.1 Å². The molecule has 3 nitrogen and oxygen atoms in total. The summed E-state index contributed by atoms with van der Waals surface area (Å²) in [5.74, 6) is 2.10. The van der Waals surface area contributed by atoms with Crippen molar-refractivity contribution in [3.05, 3.63) is 0 Å². The Morgan fingerprint density at radius 2 is 1.88 bits per heavy atom. The van der Waals surface area contributed by atoms with E-state index in [9.17, 15) is 4.79 Å². The van der Waals surface area contributed by atoms with E-state index in [2.05, 4.69) is 17.1 Å². The molecular weight excluding hydrogens is 212 g/mol. The maximum absolute atomic E-state index is 12.1. The second kappa shape index (κ2) is 4.27. The molecule has 1 N–H and O–H groups in total. The molecule has 0 radical (unpaired) electrons. The van der Waals surface area contributed by atoms with Crippen molar-refractivity contribution >= 4 is 5.91 Å². The Morgan fingerprint density at radius 1 is 1.24 bits per heavy atom. The Hall–Kier alpha value is -0.570. The van der Waals surface area contributed by atoms with Crippen LogP contribution in [0.4, 0.5) is 0 Å². The molecular formula is C14H24N2O. The monoisotopic (exact) mass is 236 g/mol. The van der Waals surface area contributed by atoms with Gasteiger partial charge in [0.2, 0.25) is 5.91 Å². The van der Waals surface area contributed by atoms with E-state index in [-0.39, 0.29) is 5.54 Å². The number of nitrogens with one attached hydrogen (secondary N) is 1. The quantitative estimate of drug-likeness (QED) is 0.814. The highest BCUT2D eigenvalue weighted by Crippen LogP contribution is 2.41. The minimum Gasteiger partial charge on any atom is -0.328 e. The summed E-state index contributed by atoms with van der Waals surface area (Å²) in [4.78, 5) is 14.2. The molecule has 3 rings (SSSR count). The highest BCUT2D eigenvalue weighted by atomic mass is 16.2. The number of hydrogen-bond acceptors (Lipinski definition) is 2. The summed E-state index contributed by atoms with van der Waals surface area (Å²) in [6.45, 7) is 4.10. The van der Waals surface area contributed by atoms with Gasteiger partial charge in [0, 0.05) is 6.54 Å². The Morgan fingerprint density at radius 3 is 2.41 bits per heavy atom. The van der Waals surface area contributed by atoms with E-state index in [0.29, 0.717) is 5.91 Å². The van der Waals surface area contributed by atoms with Crippen LogP contribution < -0.4 is 5.32 Å². The van der Waals surface area contributed by atoms with E-state index >= 15 is 0 Å². The van der Waals surface area contributed by atoms with Crippen molar-refractivity contribution in [2.75, 3.05) is 13.2 Å². The van der Waals surface area contributed by atoms with Crippen molar-refractivity contribution in [2.45, 2.75) is 57.4 Å².